The Bertz CT molecular complexity index is 1290. The smallest absolute Gasteiger partial charge is 0.328 e. The van der Waals surface area contributed by atoms with Crippen LogP contribution in [-0.4, -0.2) is 46.3 Å². The minimum absolute atomic E-state index is 0.0392. The third-order valence-corrected chi connectivity index (χ3v) is 7.10. The molecule has 3 aromatic rings. The Balaban J connectivity index is 1.88. The van der Waals surface area contributed by atoms with E-state index in [1.807, 2.05) is 0 Å². The number of pyridine rings is 1. The van der Waals surface area contributed by atoms with Crippen LogP contribution < -0.4 is 10.1 Å². The molecule has 0 spiro atoms. The van der Waals surface area contributed by atoms with Gasteiger partial charge in [0.25, 0.3) is 5.91 Å². The second kappa shape index (κ2) is 11.8. The number of esters is 1. The molecule has 12 heteroatoms. The fourth-order valence-corrected chi connectivity index (χ4v) is 4.15. The van der Waals surface area contributed by atoms with Gasteiger partial charge in [0.1, 0.15) is 12.1 Å². The van der Waals surface area contributed by atoms with E-state index in [2.05, 4.69) is 10.3 Å². The number of hydrogen-bond donors (Lipinski definition) is 3. The van der Waals surface area contributed by atoms with Crippen molar-refractivity contribution in [3.63, 3.8) is 0 Å². The number of aliphatic hydroxyl groups is 1. The summed E-state index contributed by atoms with van der Waals surface area (Å²) in [6.45, 7) is 2.84. The molecule has 196 valence electrons. The summed E-state index contributed by atoms with van der Waals surface area (Å²) in [5, 5.41) is 25.3. The van der Waals surface area contributed by atoms with Crippen molar-refractivity contribution >= 4 is 58.3 Å². The summed E-state index contributed by atoms with van der Waals surface area (Å²) in [7, 11) is 1.32. The topological polar surface area (TPSA) is 118 Å². The first-order valence-electron chi connectivity index (χ1n) is 10.8. The molecule has 0 aliphatic heterocycles. The summed E-state index contributed by atoms with van der Waals surface area (Å²) in [5.41, 5.74) is -1.74. The predicted molar refractivity (Wildman–Crippen MR) is 141 cm³/mol. The van der Waals surface area contributed by atoms with Crippen molar-refractivity contribution in [3.8, 4) is 11.5 Å². The zero-order chi connectivity index (χ0) is 27.5. The number of aromatic nitrogens is 1. The Morgan fingerprint density at radius 1 is 0.946 bits per heavy atom. The van der Waals surface area contributed by atoms with Crippen LogP contribution in [0.1, 0.15) is 35.5 Å². The van der Waals surface area contributed by atoms with Crippen molar-refractivity contribution in [1.82, 2.24) is 10.3 Å². The molecule has 0 aliphatic rings. The van der Waals surface area contributed by atoms with Crippen molar-refractivity contribution in [3.05, 3.63) is 85.6 Å². The van der Waals surface area contributed by atoms with Gasteiger partial charge in [-0.05, 0) is 49.2 Å². The molecule has 0 radical (unpaired) electrons. The summed E-state index contributed by atoms with van der Waals surface area (Å²) in [6.07, 6.45) is 0.0600. The molecule has 1 aromatic heterocycles. The third kappa shape index (κ3) is 6.05. The SMILES string of the molecule is COc1ccnc(C(=O)N[C@@H](C)C(=O)O[C@@H](C)C(O)(c2ccc(Cl)c(Cl)c2)c2ccc(Cl)c(Cl)c2)c1O. The molecule has 1 heterocycles. The summed E-state index contributed by atoms with van der Waals surface area (Å²) >= 11 is 24.5. The van der Waals surface area contributed by atoms with E-state index in [9.17, 15) is 19.8 Å². The van der Waals surface area contributed by atoms with E-state index in [-0.39, 0.29) is 42.7 Å². The zero-order valence-corrected chi connectivity index (χ0v) is 22.8. The van der Waals surface area contributed by atoms with Crippen LogP contribution in [0.15, 0.2) is 48.7 Å². The zero-order valence-electron chi connectivity index (χ0n) is 19.8. The van der Waals surface area contributed by atoms with E-state index in [4.69, 9.17) is 55.9 Å². The van der Waals surface area contributed by atoms with Gasteiger partial charge in [0.2, 0.25) is 0 Å². The lowest BCUT2D eigenvalue weighted by Gasteiger charge is -2.35. The Morgan fingerprint density at radius 3 is 1.97 bits per heavy atom. The number of methoxy groups -OCH3 is 1. The summed E-state index contributed by atoms with van der Waals surface area (Å²) in [6, 6.07) is 9.12. The van der Waals surface area contributed by atoms with E-state index in [1.165, 1.54) is 69.6 Å². The standard InChI is InChI=1S/C25H22Cl4N2O6/c1-12(31-23(33)21-22(32)20(36-3)8-9-30-21)24(34)37-13(2)25(35,14-4-6-16(26)18(28)10-14)15-5-7-17(27)19(29)11-15/h4-13,32,35H,1-3H3,(H,31,33)/t12-,13-/m0/s1. The van der Waals surface area contributed by atoms with Crippen LogP contribution >= 0.6 is 46.4 Å². The highest BCUT2D eigenvalue weighted by atomic mass is 35.5. The number of aromatic hydroxyl groups is 1. The molecule has 0 saturated heterocycles. The van der Waals surface area contributed by atoms with Gasteiger partial charge in [-0.1, -0.05) is 58.5 Å². The van der Waals surface area contributed by atoms with Crippen molar-refractivity contribution in [2.75, 3.05) is 7.11 Å². The molecule has 0 unspecified atom stereocenters. The van der Waals surface area contributed by atoms with Gasteiger partial charge in [0, 0.05) is 12.3 Å². The van der Waals surface area contributed by atoms with Gasteiger partial charge < -0.3 is 25.0 Å². The van der Waals surface area contributed by atoms with Gasteiger partial charge in [-0.2, -0.15) is 0 Å². The fraction of sp³-hybridized carbons (Fsp3) is 0.240. The van der Waals surface area contributed by atoms with Crippen LogP contribution in [0.25, 0.3) is 0 Å². The van der Waals surface area contributed by atoms with Gasteiger partial charge >= 0.3 is 5.97 Å². The molecule has 0 aliphatic carbocycles. The van der Waals surface area contributed by atoms with Crippen LogP contribution in [0.2, 0.25) is 20.1 Å². The largest absolute Gasteiger partial charge is 0.503 e. The van der Waals surface area contributed by atoms with E-state index < -0.39 is 35.4 Å². The van der Waals surface area contributed by atoms with E-state index in [0.29, 0.717) is 0 Å². The molecule has 0 saturated carbocycles. The second-order valence-corrected chi connectivity index (χ2v) is 9.64. The summed E-state index contributed by atoms with van der Waals surface area (Å²) in [4.78, 5) is 29.4. The summed E-state index contributed by atoms with van der Waals surface area (Å²) < 4.78 is 10.5. The lowest BCUT2D eigenvalue weighted by atomic mass is 9.82. The van der Waals surface area contributed by atoms with E-state index in [0.717, 1.165) is 0 Å². The minimum Gasteiger partial charge on any atom is -0.503 e. The molecular weight excluding hydrogens is 566 g/mol. The van der Waals surface area contributed by atoms with Crippen LogP contribution in [0, 0.1) is 0 Å². The third-order valence-electron chi connectivity index (χ3n) is 5.62. The maximum Gasteiger partial charge on any atom is 0.328 e. The number of amides is 1. The highest BCUT2D eigenvalue weighted by molar-refractivity contribution is 6.42. The number of benzene rings is 2. The molecule has 8 nitrogen and oxygen atoms in total. The average Bonchev–Trinajstić information content (AvgIpc) is 2.86. The second-order valence-electron chi connectivity index (χ2n) is 8.01. The fourth-order valence-electron chi connectivity index (χ4n) is 3.56. The summed E-state index contributed by atoms with van der Waals surface area (Å²) in [5.74, 6) is -2.15. The highest BCUT2D eigenvalue weighted by Gasteiger charge is 2.41. The normalized spacial score (nSPS) is 13.0. The molecule has 0 fully saturated rings. The molecule has 3 N–H and O–H groups in total. The maximum atomic E-state index is 12.9. The Labute approximate surface area is 233 Å². The van der Waals surface area contributed by atoms with Gasteiger partial charge in [-0.3, -0.25) is 4.79 Å². The minimum atomic E-state index is -1.94. The molecular formula is C25H22Cl4N2O6. The Hall–Kier alpha value is -2.75. The van der Waals surface area contributed by atoms with Crippen LogP contribution in [0.4, 0.5) is 0 Å². The number of ether oxygens (including phenoxy) is 2. The predicted octanol–water partition coefficient (Wildman–Crippen LogP) is 5.40. The number of carbonyl (C=O) groups is 2. The monoisotopic (exact) mass is 586 g/mol. The van der Waals surface area contributed by atoms with Crippen LogP contribution in [0.3, 0.4) is 0 Å². The molecule has 3 rings (SSSR count). The van der Waals surface area contributed by atoms with Gasteiger partial charge in [-0.15, -0.1) is 0 Å². The van der Waals surface area contributed by atoms with Gasteiger partial charge in [-0.25, -0.2) is 9.78 Å². The van der Waals surface area contributed by atoms with Crippen molar-refractivity contribution in [2.24, 2.45) is 0 Å². The molecule has 1 amide bonds. The number of rotatable bonds is 8. The lowest BCUT2D eigenvalue weighted by molar-refractivity contribution is -0.162. The first kappa shape index (κ1) is 28.8. The number of carbonyl (C=O) groups excluding carboxylic acids is 2. The molecule has 37 heavy (non-hydrogen) atoms. The van der Waals surface area contributed by atoms with E-state index >= 15 is 0 Å². The number of nitrogens with one attached hydrogen (secondary N) is 1. The maximum absolute atomic E-state index is 12.9. The van der Waals surface area contributed by atoms with Crippen LogP contribution in [-0.2, 0) is 15.1 Å². The van der Waals surface area contributed by atoms with Crippen molar-refractivity contribution < 1.29 is 29.3 Å². The Kier molecular flexibility index (Phi) is 9.15. The van der Waals surface area contributed by atoms with Crippen LogP contribution in [0.5, 0.6) is 11.5 Å². The molecule has 0 bridgehead atoms. The number of hydrogen-bond acceptors (Lipinski definition) is 7. The number of halogens is 4. The quantitative estimate of drug-likeness (QED) is 0.302. The lowest BCUT2D eigenvalue weighted by Crippen LogP contribution is -2.46. The first-order chi connectivity index (χ1) is 17.4. The number of nitrogens with zero attached hydrogens (tertiary/aromatic N) is 1. The van der Waals surface area contributed by atoms with Crippen molar-refractivity contribution in [2.45, 2.75) is 31.6 Å². The average molecular weight is 588 g/mol. The first-order valence-corrected chi connectivity index (χ1v) is 12.3. The highest BCUT2D eigenvalue weighted by Crippen LogP contribution is 2.39. The van der Waals surface area contributed by atoms with Crippen molar-refractivity contribution in [1.29, 1.82) is 0 Å². The van der Waals surface area contributed by atoms with E-state index in [1.54, 1.807) is 0 Å². The van der Waals surface area contributed by atoms with Gasteiger partial charge in [0.15, 0.2) is 22.8 Å². The molecule has 2 atom stereocenters. The van der Waals surface area contributed by atoms with Gasteiger partial charge in [0.05, 0.1) is 27.2 Å². The molecule has 2 aromatic carbocycles. The Morgan fingerprint density at radius 2 is 1.49 bits per heavy atom.